The van der Waals surface area contributed by atoms with E-state index in [1.165, 1.54) is 23.6 Å². The van der Waals surface area contributed by atoms with Crippen LogP contribution in [-0.2, 0) is 14.8 Å². The smallest absolute Gasteiger partial charge is 0.248 e. The van der Waals surface area contributed by atoms with E-state index in [0.717, 1.165) is 19.3 Å². The minimum Gasteiger partial charge on any atom is -0.493 e. The van der Waals surface area contributed by atoms with Crippen molar-refractivity contribution in [1.82, 2.24) is 4.31 Å². The van der Waals surface area contributed by atoms with Crippen LogP contribution < -0.4 is 19.5 Å². The van der Waals surface area contributed by atoms with Gasteiger partial charge in [0.15, 0.2) is 11.5 Å². The second-order valence-electron chi connectivity index (χ2n) is 7.46. The van der Waals surface area contributed by atoms with Gasteiger partial charge in [-0.2, -0.15) is 4.31 Å². The second-order valence-corrected chi connectivity index (χ2v) is 9.37. The Morgan fingerprint density at radius 1 is 1.06 bits per heavy atom. The Balaban J connectivity index is 1.83. The predicted molar refractivity (Wildman–Crippen MR) is 127 cm³/mol. The topological polar surface area (TPSA) is 94.2 Å². The van der Waals surface area contributed by atoms with Crippen LogP contribution in [0.25, 0.3) is 6.08 Å². The lowest BCUT2D eigenvalue weighted by molar-refractivity contribution is -0.111. The van der Waals surface area contributed by atoms with E-state index in [0.29, 0.717) is 42.4 Å². The minimum absolute atomic E-state index is 0.0579. The fourth-order valence-electron chi connectivity index (χ4n) is 3.70. The number of ether oxygens (including phenoxy) is 3. The van der Waals surface area contributed by atoms with Crippen LogP contribution in [0.5, 0.6) is 17.2 Å². The van der Waals surface area contributed by atoms with Gasteiger partial charge in [-0.3, -0.25) is 4.79 Å². The summed E-state index contributed by atoms with van der Waals surface area (Å²) < 4.78 is 44.2. The first-order valence-electron chi connectivity index (χ1n) is 10.9. The highest BCUT2D eigenvalue weighted by atomic mass is 32.2. The SMILES string of the molecule is CCOc1ccc(NC(=O)/C=C/c2cccc(OC)c2OC)cc1S(=O)(=O)N1CCCCC1. The molecule has 1 aliphatic heterocycles. The molecule has 0 aliphatic carbocycles. The maximum Gasteiger partial charge on any atom is 0.248 e. The van der Waals surface area contributed by atoms with Crippen molar-refractivity contribution >= 4 is 27.7 Å². The normalized spacial score (nSPS) is 14.8. The van der Waals surface area contributed by atoms with Gasteiger partial charge in [0, 0.05) is 30.4 Å². The number of methoxy groups -OCH3 is 2. The molecular weight excluding hydrogens is 444 g/mol. The van der Waals surface area contributed by atoms with E-state index in [1.807, 2.05) is 0 Å². The van der Waals surface area contributed by atoms with Crippen LogP contribution in [0, 0.1) is 0 Å². The lowest BCUT2D eigenvalue weighted by atomic mass is 10.1. The first kappa shape index (κ1) is 24.6. The van der Waals surface area contributed by atoms with Crippen molar-refractivity contribution in [1.29, 1.82) is 0 Å². The van der Waals surface area contributed by atoms with Gasteiger partial charge in [0.1, 0.15) is 10.6 Å². The maximum absolute atomic E-state index is 13.3. The summed E-state index contributed by atoms with van der Waals surface area (Å²) in [6, 6.07) is 10.0. The molecule has 0 radical (unpaired) electrons. The molecule has 9 heteroatoms. The number of carbonyl (C=O) groups is 1. The number of benzene rings is 2. The quantitative estimate of drug-likeness (QED) is 0.554. The number of nitrogens with one attached hydrogen (secondary N) is 1. The summed E-state index contributed by atoms with van der Waals surface area (Å²) in [7, 11) is -0.668. The highest BCUT2D eigenvalue weighted by molar-refractivity contribution is 7.89. The highest BCUT2D eigenvalue weighted by Gasteiger charge is 2.29. The van der Waals surface area contributed by atoms with Gasteiger partial charge in [-0.15, -0.1) is 0 Å². The molecule has 1 heterocycles. The Bertz CT molecular complexity index is 1110. The van der Waals surface area contributed by atoms with Crippen LogP contribution in [0.2, 0.25) is 0 Å². The average molecular weight is 475 g/mol. The Labute approximate surface area is 195 Å². The number of para-hydroxylation sites is 1. The van der Waals surface area contributed by atoms with Crippen LogP contribution in [-0.4, -0.2) is 52.5 Å². The number of hydrogen-bond donors (Lipinski definition) is 1. The molecule has 1 N–H and O–H groups in total. The molecule has 1 amide bonds. The van der Waals surface area contributed by atoms with Gasteiger partial charge in [-0.25, -0.2) is 8.42 Å². The molecule has 1 aliphatic rings. The molecule has 2 aromatic rings. The summed E-state index contributed by atoms with van der Waals surface area (Å²) in [5, 5.41) is 2.73. The van der Waals surface area contributed by atoms with Gasteiger partial charge in [-0.1, -0.05) is 18.6 Å². The Kier molecular flexibility index (Phi) is 8.35. The molecule has 3 rings (SSSR count). The van der Waals surface area contributed by atoms with E-state index in [2.05, 4.69) is 5.32 Å². The Hall–Kier alpha value is -3.04. The van der Waals surface area contributed by atoms with E-state index in [-0.39, 0.29) is 10.6 Å². The van der Waals surface area contributed by atoms with Crippen molar-refractivity contribution in [2.24, 2.45) is 0 Å². The lowest BCUT2D eigenvalue weighted by Gasteiger charge is -2.26. The summed E-state index contributed by atoms with van der Waals surface area (Å²) in [5.74, 6) is 0.933. The van der Waals surface area contributed by atoms with Crippen molar-refractivity contribution in [2.45, 2.75) is 31.1 Å². The number of hydrogen-bond acceptors (Lipinski definition) is 6. The third kappa shape index (κ3) is 5.85. The number of rotatable bonds is 9. The van der Waals surface area contributed by atoms with Crippen LogP contribution in [0.1, 0.15) is 31.7 Å². The average Bonchev–Trinajstić information content (AvgIpc) is 2.83. The third-order valence-corrected chi connectivity index (χ3v) is 7.21. The van der Waals surface area contributed by atoms with Gasteiger partial charge >= 0.3 is 0 Å². The third-order valence-electron chi connectivity index (χ3n) is 5.29. The number of carbonyl (C=O) groups excluding carboxylic acids is 1. The molecule has 33 heavy (non-hydrogen) atoms. The van der Waals surface area contributed by atoms with E-state index in [1.54, 1.807) is 50.4 Å². The largest absolute Gasteiger partial charge is 0.493 e. The molecule has 0 aromatic heterocycles. The molecule has 0 saturated carbocycles. The summed E-state index contributed by atoms with van der Waals surface area (Å²) in [6.07, 6.45) is 5.64. The molecule has 1 saturated heterocycles. The highest BCUT2D eigenvalue weighted by Crippen LogP contribution is 2.33. The van der Waals surface area contributed by atoms with E-state index in [9.17, 15) is 13.2 Å². The van der Waals surface area contributed by atoms with Crippen molar-refractivity contribution < 1.29 is 27.4 Å². The number of anilines is 1. The second kappa shape index (κ2) is 11.2. The summed E-state index contributed by atoms with van der Waals surface area (Å²) in [4.78, 5) is 12.6. The monoisotopic (exact) mass is 474 g/mol. The number of piperidine rings is 1. The first-order chi connectivity index (χ1) is 15.9. The Morgan fingerprint density at radius 2 is 1.82 bits per heavy atom. The zero-order valence-corrected chi connectivity index (χ0v) is 20.0. The van der Waals surface area contributed by atoms with E-state index in [4.69, 9.17) is 14.2 Å². The summed E-state index contributed by atoms with van der Waals surface area (Å²) >= 11 is 0. The zero-order chi connectivity index (χ0) is 23.8. The van der Waals surface area contributed by atoms with Crippen LogP contribution in [0.15, 0.2) is 47.4 Å². The molecule has 0 spiro atoms. The van der Waals surface area contributed by atoms with Gasteiger partial charge in [0.05, 0.1) is 20.8 Å². The Morgan fingerprint density at radius 3 is 2.48 bits per heavy atom. The van der Waals surface area contributed by atoms with Crippen molar-refractivity contribution in [3.8, 4) is 17.2 Å². The van der Waals surface area contributed by atoms with Gasteiger partial charge in [0.25, 0.3) is 0 Å². The number of nitrogens with zero attached hydrogens (tertiary/aromatic N) is 1. The van der Waals surface area contributed by atoms with Gasteiger partial charge in [-0.05, 0) is 50.1 Å². The molecule has 2 aromatic carbocycles. The maximum atomic E-state index is 13.3. The first-order valence-corrected chi connectivity index (χ1v) is 12.3. The van der Waals surface area contributed by atoms with Crippen molar-refractivity contribution in [3.05, 3.63) is 48.0 Å². The summed E-state index contributed by atoms with van der Waals surface area (Å²) in [5.41, 5.74) is 1.04. The predicted octanol–water partition coefficient (Wildman–Crippen LogP) is 3.93. The van der Waals surface area contributed by atoms with Crippen LogP contribution in [0.3, 0.4) is 0 Å². The van der Waals surface area contributed by atoms with Gasteiger partial charge in [0.2, 0.25) is 15.9 Å². The lowest BCUT2D eigenvalue weighted by Crippen LogP contribution is -2.35. The van der Waals surface area contributed by atoms with Crippen molar-refractivity contribution in [2.75, 3.05) is 39.2 Å². The molecule has 1 fully saturated rings. The summed E-state index contributed by atoms with van der Waals surface area (Å²) in [6.45, 7) is 3.09. The van der Waals surface area contributed by atoms with E-state index < -0.39 is 15.9 Å². The molecular formula is C24H30N2O6S. The minimum atomic E-state index is -3.74. The molecule has 0 bridgehead atoms. The van der Waals surface area contributed by atoms with E-state index >= 15 is 0 Å². The zero-order valence-electron chi connectivity index (χ0n) is 19.2. The molecule has 8 nitrogen and oxygen atoms in total. The standard InChI is InChI=1S/C24H30N2O6S/c1-4-32-20-13-12-19(17-22(20)33(28,29)26-15-6-5-7-16-26)25-23(27)14-11-18-9-8-10-21(30-2)24(18)31-3/h8-14,17H,4-7,15-16H2,1-3H3,(H,25,27)/b14-11+. The van der Waals surface area contributed by atoms with Crippen LogP contribution in [0.4, 0.5) is 5.69 Å². The fourth-order valence-corrected chi connectivity index (χ4v) is 5.37. The van der Waals surface area contributed by atoms with Gasteiger partial charge < -0.3 is 19.5 Å². The van der Waals surface area contributed by atoms with Crippen LogP contribution >= 0.6 is 0 Å². The fraction of sp³-hybridized carbons (Fsp3) is 0.375. The number of amides is 1. The molecule has 0 unspecified atom stereocenters. The number of sulfonamides is 1. The molecule has 178 valence electrons. The van der Waals surface area contributed by atoms with Crippen molar-refractivity contribution in [3.63, 3.8) is 0 Å². The molecule has 0 atom stereocenters.